The Bertz CT molecular complexity index is 1420. The number of hydrogen-bond acceptors (Lipinski definition) is 3. The van der Waals surface area contributed by atoms with Gasteiger partial charge in [0.25, 0.3) is 10.0 Å². The first-order valence-corrected chi connectivity index (χ1v) is 12.5. The summed E-state index contributed by atoms with van der Waals surface area (Å²) in [6.45, 7) is 6.90. The topological polar surface area (TPSA) is 63.5 Å². The van der Waals surface area contributed by atoms with E-state index in [2.05, 4.69) is 35.3 Å². The van der Waals surface area contributed by atoms with Crippen molar-refractivity contribution in [2.24, 2.45) is 5.10 Å². The number of nitrogens with one attached hydrogen (secondary N) is 1. The monoisotopic (exact) mass is 479 g/mol. The summed E-state index contributed by atoms with van der Waals surface area (Å²) in [6, 6.07) is 22.5. The van der Waals surface area contributed by atoms with E-state index in [9.17, 15) is 8.42 Å². The lowest BCUT2D eigenvalue weighted by atomic mass is 9.87. The summed E-state index contributed by atoms with van der Waals surface area (Å²) in [4.78, 5) is 2.50. The Morgan fingerprint density at radius 3 is 2.42 bits per heavy atom. The Labute approximate surface area is 199 Å². The van der Waals surface area contributed by atoms with Crippen LogP contribution >= 0.6 is 11.6 Å². The molecule has 0 bridgehead atoms. The standard InChI is InChI=1S/C26H26ClN3O2S/c1-26(2,3)21-11-13-23(14-12-21)33(31,32)29-28-16-20-18-30(25-10-5-4-9-24(20)25)17-19-7-6-8-22(27)15-19/h4-16,18,29H,17H2,1-3H3/b28-16+. The van der Waals surface area contributed by atoms with E-state index in [1.54, 1.807) is 12.1 Å². The van der Waals surface area contributed by atoms with Gasteiger partial charge in [-0.25, -0.2) is 4.83 Å². The van der Waals surface area contributed by atoms with E-state index in [1.165, 1.54) is 6.21 Å². The molecule has 1 aromatic heterocycles. The summed E-state index contributed by atoms with van der Waals surface area (Å²) in [7, 11) is -3.76. The molecule has 170 valence electrons. The first kappa shape index (κ1) is 23.1. The van der Waals surface area contributed by atoms with Crippen LogP contribution < -0.4 is 4.83 Å². The first-order chi connectivity index (χ1) is 15.6. The van der Waals surface area contributed by atoms with Gasteiger partial charge in [0.1, 0.15) is 0 Å². The van der Waals surface area contributed by atoms with Gasteiger partial charge in [0.15, 0.2) is 0 Å². The molecule has 0 atom stereocenters. The van der Waals surface area contributed by atoms with E-state index in [-0.39, 0.29) is 10.3 Å². The quantitative estimate of drug-likeness (QED) is 0.274. The Morgan fingerprint density at radius 1 is 1.00 bits per heavy atom. The number of hydrazone groups is 1. The normalized spacial score (nSPS) is 12.5. The lowest BCUT2D eigenvalue weighted by molar-refractivity contribution is 0.580. The maximum Gasteiger partial charge on any atom is 0.276 e. The fourth-order valence-electron chi connectivity index (χ4n) is 3.69. The number of rotatable bonds is 6. The summed E-state index contributed by atoms with van der Waals surface area (Å²) >= 11 is 6.13. The number of halogens is 1. The molecule has 0 aliphatic heterocycles. The highest BCUT2D eigenvalue weighted by Gasteiger charge is 2.17. The average molecular weight is 480 g/mol. The van der Waals surface area contributed by atoms with Crippen LogP contribution in [0.3, 0.4) is 0 Å². The predicted octanol–water partition coefficient (Wildman–Crippen LogP) is 5.95. The molecule has 0 amide bonds. The molecule has 3 aromatic carbocycles. The Kier molecular flexibility index (Phi) is 6.32. The van der Waals surface area contributed by atoms with E-state index in [4.69, 9.17) is 11.6 Å². The zero-order valence-electron chi connectivity index (χ0n) is 18.8. The lowest BCUT2D eigenvalue weighted by Crippen LogP contribution is -2.19. The molecular formula is C26H26ClN3O2S. The molecule has 7 heteroatoms. The molecular weight excluding hydrogens is 454 g/mol. The van der Waals surface area contributed by atoms with Crippen molar-refractivity contribution in [3.05, 3.63) is 101 Å². The van der Waals surface area contributed by atoms with Crippen LogP contribution in [0.15, 0.2) is 89.0 Å². The second-order valence-electron chi connectivity index (χ2n) is 8.99. The summed E-state index contributed by atoms with van der Waals surface area (Å²) in [5.41, 5.74) is 3.94. The Balaban J connectivity index is 1.57. The third-order valence-electron chi connectivity index (χ3n) is 5.47. The summed E-state index contributed by atoms with van der Waals surface area (Å²) < 4.78 is 27.5. The van der Waals surface area contributed by atoms with E-state index in [0.717, 1.165) is 27.6 Å². The van der Waals surface area contributed by atoms with Gasteiger partial charge < -0.3 is 4.57 Å². The van der Waals surface area contributed by atoms with Crippen molar-refractivity contribution in [2.75, 3.05) is 0 Å². The molecule has 0 saturated heterocycles. The van der Waals surface area contributed by atoms with Gasteiger partial charge in [-0.05, 0) is 46.9 Å². The molecule has 4 aromatic rings. The summed E-state index contributed by atoms with van der Waals surface area (Å²) in [5, 5.41) is 5.72. The minimum Gasteiger partial charge on any atom is -0.342 e. The average Bonchev–Trinajstić information content (AvgIpc) is 3.11. The van der Waals surface area contributed by atoms with E-state index in [0.29, 0.717) is 11.6 Å². The molecule has 0 radical (unpaired) electrons. The fraction of sp³-hybridized carbons (Fsp3) is 0.192. The van der Waals surface area contributed by atoms with E-state index >= 15 is 0 Å². The van der Waals surface area contributed by atoms with Crippen LogP contribution in [0, 0.1) is 0 Å². The van der Waals surface area contributed by atoms with Crippen molar-refractivity contribution in [3.8, 4) is 0 Å². The molecule has 0 saturated carbocycles. The van der Waals surface area contributed by atoms with Crippen LogP contribution in [-0.4, -0.2) is 19.2 Å². The van der Waals surface area contributed by atoms with Crippen molar-refractivity contribution in [3.63, 3.8) is 0 Å². The number of benzene rings is 3. The van der Waals surface area contributed by atoms with Gasteiger partial charge in [-0.3, -0.25) is 0 Å². The molecule has 0 unspecified atom stereocenters. The number of fused-ring (bicyclic) bond motifs is 1. The van der Waals surface area contributed by atoms with Gasteiger partial charge in [0.2, 0.25) is 0 Å². The molecule has 1 heterocycles. The second-order valence-corrected chi connectivity index (χ2v) is 11.1. The maximum atomic E-state index is 12.7. The van der Waals surface area contributed by atoms with Gasteiger partial charge in [0, 0.05) is 34.2 Å². The van der Waals surface area contributed by atoms with Gasteiger partial charge in [-0.1, -0.05) is 74.8 Å². The van der Waals surface area contributed by atoms with Crippen LogP contribution in [0.4, 0.5) is 0 Å². The molecule has 0 fully saturated rings. The fourth-order valence-corrected chi connectivity index (χ4v) is 4.70. The number of sulfonamides is 1. The highest BCUT2D eigenvalue weighted by Crippen LogP contribution is 2.24. The van der Waals surface area contributed by atoms with Crippen LogP contribution in [-0.2, 0) is 22.0 Å². The zero-order chi connectivity index (χ0) is 23.6. The van der Waals surface area contributed by atoms with Gasteiger partial charge in [0.05, 0.1) is 11.1 Å². The number of hydrogen-bond donors (Lipinski definition) is 1. The third kappa shape index (κ3) is 5.29. The first-order valence-electron chi connectivity index (χ1n) is 10.6. The molecule has 0 spiro atoms. The minimum absolute atomic E-state index is 0.0484. The number of nitrogens with zero attached hydrogens (tertiary/aromatic N) is 2. The number of aromatic nitrogens is 1. The highest BCUT2D eigenvalue weighted by atomic mass is 35.5. The second kappa shape index (κ2) is 9.04. The molecule has 4 rings (SSSR count). The highest BCUT2D eigenvalue weighted by molar-refractivity contribution is 7.89. The van der Waals surface area contributed by atoms with Crippen LogP contribution in [0.2, 0.25) is 5.02 Å². The summed E-state index contributed by atoms with van der Waals surface area (Å²) in [6.07, 6.45) is 3.50. The maximum absolute atomic E-state index is 12.7. The van der Waals surface area contributed by atoms with Crippen molar-refractivity contribution < 1.29 is 8.42 Å². The van der Waals surface area contributed by atoms with Crippen LogP contribution in [0.5, 0.6) is 0 Å². The predicted molar refractivity (Wildman–Crippen MR) is 136 cm³/mol. The van der Waals surface area contributed by atoms with Crippen LogP contribution in [0.1, 0.15) is 37.5 Å². The van der Waals surface area contributed by atoms with Gasteiger partial charge in [-0.2, -0.15) is 13.5 Å². The van der Waals surface area contributed by atoms with E-state index in [1.807, 2.05) is 66.9 Å². The van der Waals surface area contributed by atoms with E-state index < -0.39 is 10.0 Å². The van der Waals surface area contributed by atoms with Gasteiger partial charge >= 0.3 is 0 Å². The molecule has 0 aliphatic carbocycles. The van der Waals surface area contributed by atoms with Crippen molar-refractivity contribution >= 4 is 38.7 Å². The van der Waals surface area contributed by atoms with Crippen molar-refractivity contribution in [2.45, 2.75) is 37.6 Å². The third-order valence-corrected chi connectivity index (χ3v) is 6.94. The molecule has 5 nitrogen and oxygen atoms in total. The van der Waals surface area contributed by atoms with Crippen molar-refractivity contribution in [1.29, 1.82) is 0 Å². The zero-order valence-corrected chi connectivity index (χ0v) is 20.4. The van der Waals surface area contributed by atoms with Crippen molar-refractivity contribution in [1.82, 2.24) is 9.40 Å². The lowest BCUT2D eigenvalue weighted by Gasteiger charge is -2.19. The summed E-state index contributed by atoms with van der Waals surface area (Å²) in [5.74, 6) is 0. The Morgan fingerprint density at radius 2 is 1.73 bits per heavy atom. The molecule has 33 heavy (non-hydrogen) atoms. The molecule has 0 aliphatic rings. The molecule has 1 N–H and O–H groups in total. The SMILES string of the molecule is CC(C)(C)c1ccc(S(=O)(=O)N/N=C/c2cn(Cc3cccc(Cl)c3)c3ccccc23)cc1. The largest absolute Gasteiger partial charge is 0.342 e. The Hall–Kier alpha value is -3.09. The van der Waals surface area contributed by atoms with Crippen LogP contribution in [0.25, 0.3) is 10.9 Å². The van der Waals surface area contributed by atoms with Gasteiger partial charge in [-0.15, -0.1) is 0 Å². The minimum atomic E-state index is -3.76. The number of para-hydroxylation sites is 1. The smallest absolute Gasteiger partial charge is 0.276 e.